The van der Waals surface area contributed by atoms with Crippen LogP contribution in [0.3, 0.4) is 0 Å². The minimum absolute atomic E-state index is 0.0257. The lowest BCUT2D eigenvalue weighted by atomic mass is 9.88. The Morgan fingerprint density at radius 1 is 1.03 bits per heavy atom. The molecular weight excluding hydrogens is 527 g/mol. The van der Waals surface area contributed by atoms with E-state index in [0.717, 1.165) is 48.5 Å². The van der Waals surface area contributed by atoms with Gasteiger partial charge in [-0.15, -0.1) is 11.3 Å². The Morgan fingerprint density at radius 3 is 2.54 bits per heavy atom. The molecule has 11 heteroatoms. The van der Waals surface area contributed by atoms with E-state index >= 15 is 0 Å². The van der Waals surface area contributed by atoms with Gasteiger partial charge in [0.15, 0.2) is 29.1 Å². The third kappa shape index (κ3) is 6.08. The highest BCUT2D eigenvalue weighted by Gasteiger charge is 2.22. The van der Waals surface area contributed by atoms with Crippen LogP contribution in [0.5, 0.6) is 11.6 Å². The van der Waals surface area contributed by atoms with Gasteiger partial charge in [0.2, 0.25) is 11.7 Å². The van der Waals surface area contributed by atoms with Crippen molar-refractivity contribution in [2.75, 3.05) is 7.11 Å². The highest BCUT2D eigenvalue weighted by molar-refractivity contribution is 7.19. The number of halogens is 3. The maximum absolute atomic E-state index is 14.5. The number of pyridine rings is 1. The number of aromatic nitrogens is 3. The molecule has 39 heavy (non-hydrogen) atoms. The maximum Gasteiger partial charge on any atom is 0.241 e. The van der Waals surface area contributed by atoms with Gasteiger partial charge in [0.1, 0.15) is 10.5 Å². The van der Waals surface area contributed by atoms with Gasteiger partial charge in [0, 0.05) is 35.7 Å². The standard InChI is InChI=1S/C28H26F3N5O2S/c1-16(37-2)34-26(17-6-4-3-5-7-17)33-15-19-14-21-25(39-19)28(36-27(35-21)18-10-12-32-13-11-18)38-22-9-8-20(29)23(30)24(22)31/h8-14,17H,3-7,15H2,1-2H3. The predicted octanol–water partition coefficient (Wildman–Crippen LogP) is 7.51. The molecule has 0 N–H and O–H groups in total. The van der Waals surface area contributed by atoms with Crippen molar-refractivity contribution >= 4 is 33.3 Å². The maximum atomic E-state index is 14.5. The normalized spacial score (nSPS) is 15.1. The van der Waals surface area contributed by atoms with Crippen LogP contribution < -0.4 is 4.74 Å². The Hall–Kier alpha value is -3.86. The number of rotatable bonds is 6. The number of ether oxygens (including phenoxy) is 2. The van der Waals surface area contributed by atoms with Crippen LogP contribution in [0.1, 0.15) is 43.9 Å². The number of aliphatic imine (C=N–C) groups is 2. The summed E-state index contributed by atoms with van der Waals surface area (Å²) in [5, 5.41) is 0. The molecule has 0 aliphatic heterocycles. The van der Waals surface area contributed by atoms with Crippen molar-refractivity contribution in [3.8, 4) is 23.0 Å². The second-order valence-electron chi connectivity index (χ2n) is 9.14. The van der Waals surface area contributed by atoms with Crippen LogP contribution in [-0.2, 0) is 11.3 Å². The second kappa shape index (κ2) is 11.9. The Labute approximate surface area is 227 Å². The Balaban J connectivity index is 1.54. The average Bonchev–Trinajstić information content (AvgIpc) is 3.39. The van der Waals surface area contributed by atoms with Crippen LogP contribution in [0.2, 0.25) is 0 Å². The minimum atomic E-state index is -1.62. The number of methoxy groups -OCH3 is 1. The zero-order valence-electron chi connectivity index (χ0n) is 21.5. The minimum Gasteiger partial charge on any atom is -0.484 e. The van der Waals surface area contributed by atoms with Gasteiger partial charge in [0.25, 0.3) is 0 Å². The van der Waals surface area contributed by atoms with Crippen LogP contribution in [0.4, 0.5) is 13.2 Å². The average molecular weight is 554 g/mol. The van der Waals surface area contributed by atoms with Crippen molar-refractivity contribution in [1.82, 2.24) is 15.0 Å². The third-order valence-electron chi connectivity index (χ3n) is 6.47. The van der Waals surface area contributed by atoms with Crippen LogP contribution in [-0.4, -0.2) is 33.8 Å². The molecule has 1 aromatic carbocycles. The molecule has 0 unspecified atom stereocenters. The van der Waals surface area contributed by atoms with E-state index in [1.807, 2.05) is 6.07 Å². The molecule has 0 radical (unpaired) electrons. The van der Waals surface area contributed by atoms with Crippen molar-refractivity contribution in [3.05, 3.63) is 65.1 Å². The summed E-state index contributed by atoms with van der Waals surface area (Å²) in [6.07, 6.45) is 8.76. The molecule has 0 amide bonds. The van der Waals surface area contributed by atoms with Gasteiger partial charge in [-0.3, -0.25) is 9.98 Å². The largest absolute Gasteiger partial charge is 0.484 e. The summed E-state index contributed by atoms with van der Waals surface area (Å²) in [6, 6.07) is 7.16. The fourth-order valence-electron chi connectivity index (χ4n) is 4.40. The molecule has 0 atom stereocenters. The van der Waals surface area contributed by atoms with Crippen LogP contribution in [0.25, 0.3) is 21.6 Å². The SMILES string of the molecule is COC(C)=NC(=NCc1cc2nc(-c3ccncc3)nc(Oc3ccc(F)c(F)c3F)c2s1)C1CCCCC1. The smallest absolute Gasteiger partial charge is 0.241 e. The van der Waals surface area contributed by atoms with Crippen molar-refractivity contribution in [3.63, 3.8) is 0 Å². The van der Waals surface area contributed by atoms with Crippen LogP contribution >= 0.6 is 11.3 Å². The van der Waals surface area contributed by atoms with E-state index in [4.69, 9.17) is 14.5 Å². The first-order chi connectivity index (χ1) is 18.9. The molecule has 0 spiro atoms. The fourth-order valence-corrected chi connectivity index (χ4v) is 5.35. The molecule has 1 fully saturated rings. The lowest BCUT2D eigenvalue weighted by Gasteiger charge is -2.21. The molecule has 0 bridgehead atoms. The van der Waals surface area contributed by atoms with E-state index in [-0.39, 0.29) is 11.8 Å². The predicted molar refractivity (Wildman–Crippen MR) is 145 cm³/mol. The van der Waals surface area contributed by atoms with Crippen molar-refractivity contribution in [2.45, 2.75) is 45.6 Å². The highest BCUT2D eigenvalue weighted by atomic mass is 32.1. The van der Waals surface area contributed by atoms with E-state index in [2.05, 4.69) is 19.9 Å². The number of thiophene rings is 1. The highest BCUT2D eigenvalue weighted by Crippen LogP contribution is 2.37. The molecule has 1 saturated carbocycles. The molecule has 3 aromatic heterocycles. The van der Waals surface area contributed by atoms with E-state index in [1.165, 1.54) is 17.8 Å². The molecule has 202 valence electrons. The van der Waals surface area contributed by atoms with Crippen molar-refractivity contribution in [1.29, 1.82) is 0 Å². The molecular formula is C28H26F3N5O2S. The summed E-state index contributed by atoms with van der Waals surface area (Å²) in [7, 11) is 1.58. The van der Waals surface area contributed by atoms with Crippen molar-refractivity contribution in [2.24, 2.45) is 15.9 Å². The Morgan fingerprint density at radius 2 is 1.79 bits per heavy atom. The van der Waals surface area contributed by atoms with Gasteiger partial charge in [0.05, 0.1) is 19.2 Å². The van der Waals surface area contributed by atoms with Gasteiger partial charge < -0.3 is 9.47 Å². The Kier molecular flexibility index (Phi) is 8.16. The zero-order valence-corrected chi connectivity index (χ0v) is 22.3. The number of amidine groups is 1. The summed E-state index contributed by atoms with van der Waals surface area (Å²) in [5.74, 6) is -2.91. The number of nitrogens with zero attached hydrogens (tertiary/aromatic N) is 5. The number of hydrogen-bond donors (Lipinski definition) is 0. The number of hydrogen-bond acceptors (Lipinski definition) is 7. The second-order valence-corrected chi connectivity index (χ2v) is 10.3. The molecule has 1 aliphatic rings. The lowest BCUT2D eigenvalue weighted by molar-refractivity contribution is 0.389. The van der Waals surface area contributed by atoms with Gasteiger partial charge in [-0.1, -0.05) is 19.3 Å². The summed E-state index contributed by atoms with van der Waals surface area (Å²) in [6.45, 7) is 2.14. The van der Waals surface area contributed by atoms with E-state index in [1.54, 1.807) is 38.6 Å². The van der Waals surface area contributed by atoms with E-state index < -0.39 is 23.2 Å². The van der Waals surface area contributed by atoms with Crippen LogP contribution in [0.15, 0.2) is 52.7 Å². The third-order valence-corrected chi connectivity index (χ3v) is 7.57. The van der Waals surface area contributed by atoms with Gasteiger partial charge in [-0.05, 0) is 43.2 Å². The Bertz CT molecular complexity index is 1540. The first-order valence-electron chi connectivity index (χ1n) is 12.6. The van der Waals surface area contributed by atoms with Crippen LogP contribution in [0, 0.1) is 23.4 Å². The van der Waals surface area contributed by atoms with E-state index in [0.29, 0.717) is 34.0 Å². The van der Waals surface area contributed by atoms with E-state index in [9.17, 15) is 13.2 Å². The number of benzene rings is 1. The van der Waals surface area contributed by atoms with Crippen molar-refractivity contribution < 1.29 is 22.6 Å². The molecule has 5 rings (SSSR count). The van der Waals surface area contributed by atoms with Gasteiger partial charge in [-0.2, -0.15) is 9.37 Å². The summed E-state index contributed by atoms with van der Waals surface area (Å²) >= 11 is 1.33. The number of fused-ring (bicyclic) bond motifs is 1. The topological polar surface area (TPSA) is 81.9 Å². The molecule has 1 aliphatic carbocycles. The quantitative estimate of drug-likeness (QED) is 0.140. The first-order valence-corrected chi connectivity index (χ1v) is 13.4. The molecule has 7 nitrogen and oxygen atoms in total. The first kappa shape index (κ1) is 26.7. The summed E-state index contributed by atoms with van der Waals surface area (Å²) in [5.41, 5.74) is 1.22. The monoisotopic (exact) mass is 553 g/mol. The fraction of sp³-hybridized carbons (Fsp3) is 0.321. The lowest BCUT2D eigenvalue weighted by Crippen LogP contribution is -2.18. The summed E-state index contributed by atoms with van der Waals surface area (Å²) < 4.78 is 53.4. The zero-order chi connectivity index (χ0) is 27.4. The summed E-state index contributed by atoms with van der Waals surface area (Å²) in [4.78, 5) is 23.5. The molecule has 4 aromatic rings. The molecule has 0 saturated heterocycles. The van der Waals surface area contributed by atoms with Gasteiger partial charge in [-0.25, -0.2) is 18.8 Å². The van der Waals surface area contributed by atoms with Gasteiger partial charge >= 0.3 is 0 Å². The molecule has 3 heterocycles.